The molecule has 0 aliphatic heterocycles. The molecule has 0 spiro atoms. The van der Waals surface area contributed by atoms with Crippen molar-refractivity contribution in [3.63, 3.8) is 0 Å². The Kier molecular flexibility index (Phi) is 5.89. The molecule has 0 atom stereocenters. The maximum absolute atomic E-state index is 11.3. The van der Waals surface area contributed by atoms with Crippen LogP contribution in [-0.4, -0.2) is 33.8 Å². The number of phenols is 2. The lowest BCUT2D eigenvalue weighted by atomic mass is 9.70. The van der Waals surface area contributed by atoms with Crippen LogP contribution < -0.4 is 16.4 Å². The van der Waals surface area contributed by atoms with Gasteiger partial charge in [0, 0.05) is 21.9 Å². The van der Waals surface area contributed by atoms with Crippen molar-refractivity contribution in [3.8, 4) is 44.9 Å². The van der Waals surface area contributed by atoms with Gasteiger partial charge in [-0.2, -0.15) is 0 Å². The van der Waals surface area contributed by atoms with Gasteiger partial charge in [-0.3, -0.25) is 0 Å². The highest BCUT2D eigenvalue weighted by molar-refractivity contribution is 6.56. The second-order valence-corrected chi connectivity index (χ2v) is 11.0. The van der Waals surface area contributed by atoms with Gasteiger partial charge >= 0.3 is 0 Å². The molecule has 8 rings (SSSR count). The van der Waals surface area contributed by atoms with Crippen LogP contribution >= 0.6 is 0 Å². The molecule has 0 fully saturated rings. The summed E-state index contributed by atoms with van der Waals surface area (Å²) >= 11 is 0. The van der Waals surface area contributed by atoms with Crippen molar-refractivity contribution >= 4 is 83.4 Å². The van der Waals surface area contributed by atoms with Crippen LogP contribution in [0.3, 0.4) is 0 Å². The molecular weight excluding hydrogens is 537 g/mol. The van der Waals surface area contributed by atoms with E-state index in [1.54, 1.807) is 0 Å². The molecule has 0 aliphatic carbocycles. The molecule has 0 unspecified atom stereocenters. The van der Waals surface area contributed by atoms with E-state index in [4.69, 9.17) is 28.0 Å². The van der Waals surface area contributed by atoms with E-state index in [0.717, 1.165) is 65.7 Å². The zero-order chi connectivity index (χ0) is 30.1. The van der Waals surface area contributed by atoms with Crippen molar-refractivity contribution < 1.29 is 14.6 Å². The van der Waals surface area contributed by atoms with Crippen LogP contribution in [0.25, 0.3) is 76.9 Å². The van der Waals surface area contributed by atoms with Crippen molar-refractivity contribution in [2.45, 2.75) is 0 Å². The Morgan fingerprint density at radius 2 is 0.977 bits per heavy atom. The molecule has 3 nitrogen and oxygen atoms in total. The Balaban J connectivity index is 1.59. The fraction of sp³-hybridized carbons (Fsp3) is 0. The molecule has 2 N–H and O–H groups in total. The zero-order valence-corrected chi connectivity index (χ0v) is 23.5. The maximum Gasteiger partial charge on any atom is 0.136 e. The Morgan fingerprint density at radius 3 is 1.61 bits per heavy atom. The van der Waals surface area contributed by atoms with Crippen molar-refractivity contribution in [1.82, 2.24) is 0 Å². The summed E-state index contributed by atoms with van der Waals surface area (Å²) in [6, 6.07) is 38.7. The van der Waals surface area contributed by atoms with Crippen molar-refractivity contribution in [2.24, 2.45) is 0 Å². The van der Waals surface area contributed by atoms with E-state index in [0.29, 0.717) is 5.56 Å². The first-order valence-corrected chi connectivity index (χ1v) is 14.3. The second kappa shape index (κ2) is 9.85. The number of aromatic hydroxyl groups is 2. The van der Waals surface area contributed by atoms with Crippen LogP contribution in [0.4, 0.5) is 0 Å². The molecule has 0 aliphatic rings. The third-order valence-electron chi connectivity index (χ3n) is 8.60. The minimum atomic E-state index is -0.430. The summed E-state index contributed by atoms with van der Waals surface area (Å²) in [4.78, 5) is 0. The number of hydrogen-bond acceptors (Lipinski definition) is 3. The number of furan rings is 1. The van der Waals surface area contributed by atoms with Crippen molar-refractivity contribution in [1.29, 1.82) is 0 Å². The summed E-state index contributed by atoms with van der Waals surface area (Å²) in [5, 5.41) is 27.4. The van der Waals surface area contributed by atoms with Crippen LogP contribution in [-0.2, 0) is 0 Å². The van der Waals surface area contributed by atoms with Gasteiger partial charge in [0.25, 0.3) is 0 Å². The van der Waals surface area contributed by atoms with Gasteiger partial charge in [0.1, 0.15) is 46.2 Å². The van der Waals surface area contributed by atoms with E-state index < -0.39 is 5.75 Å². The Bertz CT molecular complexity index is 2360. The maximum atomic E-state index is 11.3. The molecule has 6 radical (unpaired) electrons. The number of benzene rings is 7. The quantitative estimate of drug-likeness (QED) is 0.188. The highest BCUT2D eigenvalue weighted by Crippen LogP contribution is 2.48. The molecule has 0 saturated heterocycles. The van der Waals surface area contributed by atoms with Gasteiger partial charge in [-0.25, -0.2) is 0 Å². The van der Waals surface area contributed by atoms with Gasteiger partial charge in [0.05, 0.1) is 0 Å². The first kappa shape index (κ1) is 26.3. The van der Waals surface area contributed by atoms with Crippen LogP contribution in [0, 0.1) is 0 Å². The van der Waals surface area contributed by atoms with E-state index in [2.05, 4.69) is 42.5 Å². The predicted molar refractivity (Wildman–Crippen MR) is 185 cm³/mol. The van der Waals surface area contributed by atoms with Crippen LogP contribution in [0.15, 0.2) is 120 Å². The molecule has 200 valence electrons. The van der Waals surface area contributed by atoms with Gasteiger partial charge < -0.3 is 14.6 Å². The number of hydrogen-bond donors (Lipinski definition) is 2. The number of para-hydroxylation sites is 1. The van der Waals surface area contributed by atoms with Crippen molar-refractivity contribution in [3.05, 3.63) is 115 Å². The Labute approximate surface area is 257 Å². The fourth-order valence-corrected chi connectivity index (χ4v) is 6.57. The topological polar surface area (TPSA) is 53.6 Å². The third-order valence-corrected chi connectivity index (χ3v) is 8.60. The first-order valence-electron chi connectivity index (χ1n) is 14.3. The fourth-order valence-electron chi connectivity index (χ4n) is 6.57. The van der Waals surface area contributed by atoms with E-state index >= 15 is 0 Å². The molecule has 0 saturated carbocycles. The lowest BCUT2D eigenvalue weighted by Crippen LogP contribution is -2.33. The van der Waals surface area contributed by atoms with Gasteiger partial charge in [-0.15, -0.1) is 0 Å². The number of fused-ring (bicyclic) bond motifs is 5. The van der Waals surface area contributed by atoms with Crippen LogP contribution in [0.5, 0.6) is 11.5 Å². The summed E-state index contributed by atoms with van der Waals surface area (Å²) in [5.74, 6) is -0.743. The second-order valence-electron chi connectivity index (χ2n) is 11.0. The minimum absolute atomic E-state index is 0.0616. The van der Waals surface area contributed by atoms with E-state index in [1.165, 1.54) is 0 Å². The summed E-state index contributed by atoms with van der Waals surface area (Å²) in [6.45, 7) is 0. The largest absolute Gasteiger partial charge is 0.509 e. The van der Waals surface area contributed by atoms with Gasteiger partial charge in [0.15, 0.2) is 0 Å². The molecule has 1 heterocycles. The van der Waals surface area contributed by atoms with E-state index in [-0.39, 0.29) is 27.7 Å². The highest BCUT2D eigenvalue weighted by Gasteiger charge is 2.24. The number of phenolic OH excluding ortho intramolecular Hbond substituents is 2. The van der Waals surface area contributed by atoms with Gasteiger partial charge in [-0.1, -0.05) is 108 Å². The average Bonchev–Trinajstić information content (AvgIpc) is 3.45. The SMILES string of the molecule is [B]c1c([B])c(-c2c3ccccc3c(-c3cc(-c4ccccc4)cc4oc5ccccc5c34)c3ccccc23)c(O)c([B])c1O. The Hall–Kier alpha value is -5.35. The standard InChI is InChI=1S/C38H21B3O3/c39-34-33(37(42)36(41)38(43)35(34)40)32-24-14-6-4-12-22(24)30(23-13-5-7-15-25(23)32)27-18-21(20-10-2-1-3-11-20)19-29-31(27)26-16-8-9-17-28(26)44-29/h1-19,42-43H. The van der Waals surface area contributed by atoms with Crippen LogP contribution in [0.2, 0.25) is 0 Å². The van der Waals surface area contributed by atoms with E-state index in [9.17, 15) is 10.2 Å². The van der Waals surface area contributed by atoms with E-state index in [1.807, 2.05) is 72.8 Å². The molecule has 0 amide bonds. The highest BCUT2D eigenvalue weighted by atomic mass is 16.3. The van der Waals surface area contributed by atoms with Crippen molar-refractivity contribution in [2.75, 3.05) is 0 Å². The first-order chi connectivity index (χ1) is 21.4. The monoisotopic (exact) mass is 558 g/mol. The van der Waals surface area contributed by atoms with Crippen LogP contribution in [0.1, 0.15) is 0 Å². The molecule has 1 aromatic heterocycles. The molecular formula is C38H21B3O3. The smallest absolute Gasteiger partial charge is 0.136 e. The average molecular weight is 558 g/mol. The molecule has 7 aromatic carbocycles. The third kappa shape index (κ3) is 3.74. The predicted octanol–water partition coefficient (Wildman–Crippen LogP) is 6.69. The Morgan fingerprint density at radius 1 is 0.432 bits per heavy atom. The summed E-state index contributed by atoms with van der Waals surface area (Å²) in [6.07, 6.45) is 0. The van der Waals surface area contributed by atoms with Gasteiger partial charge in [-0.05, 0) is 67.5 Å². The van der Waals surface area contributed by atoms with Gasteiger partial charge in [0.2, 0.25) is 0 Å². The summed E-state index contributed by atoms with van der Waals surface area (Å²) in [5.41, 5.74) is 6.49. The molecule has 8 aromatic rings. The summed E-state index contributed by atoms with van der Waals surface area (Å²) in [7, 11) is 18.8. The lowest BCUT2D eigenvalue weighted by molar-refractivity contribution is 0.463. The summed E-state index contributed by atoms with van der Waals surface area (Å²) < 4.78 is 6.46. The number of rotatable bonds is 3. The molecule has 6 heteroatoms. The minimum Gasteiger partial charge on any atom is -0.509 e. The molecule has 0 bridgehead atoms. The molecule has 44 heavy (non-hydrogen) atoms. The zero-order valence-electron chi connectivity index (χ0n) is 23.5. The lowest BCUT2D eigenvalue weighted by Gasteiger charge is -2.23. The normalized spacial score (nSPS) is 11.6.